The molecule has 0 aliphatic carbocycles. The van der Waals surface area contributed by atoms with E-state index in [9.17, 15) is 37.5 Å². The van der Waals surface area contributed by atoms with Gasteiger partial charge in [-0.15, -0.1) is 15.5 Å². The SMILES string of the molecule is Nc1c(Br)cc(S(F)(F)(F)(F)C(F)(F)CCC(F)(F)F)cc1Br. The lowest BCUT2D eigenvalue weighted by Gasteiger charge is -2.54. The molecule has 0 saturated heterocycles. The van der Waals surface area contributed by atoms with Gasteiger partial charge in [0.15, 0.2) is 0 Å². The van der Waals surface area contributed by atoms with Gasteiger partial charge in [0.25, 0.3) is 0 Å². The number of hydrogen-bond donors (Lipinski definition) is 1. The van der Waals surface area contributed by atoms with Gasteiger partial charge in [0, 0.05) is 15.4 Å². The van der Waals surface area contributed by atoms with E-state index in [1.165, 1.54) is 0 Å². The molecule has 0 radical (unpaired) electrons. The molecule has 1 rings (SSSR count). The molecule has 0 aromatic heterocycles. The van der Waals surface area contributed by atoms with Crippen molar-refractivity contribution in [3.8, 4) is 0 Å². The normalized spacial score (nSPS) is 16.8. The standard InChI is InChI=1S/C10H8Br2F9NS/c11-6-3-5(4-7(12)8(6)22)23(18,19,20,21)10(16,17)2-1-9(13,14)15/h3-4H,1-2,22H2. The topological polar surface area (TPSA) is 26.0 Å². The summed E-state index contributed by atoms with van der Waals surface area (Å²) in [5.41, 5.74) is 4.98. The van der Waals surface area contributed by atoms with E-state index in [-0.39, 0.29) is 17.8 Å². The zero-order valence-corrected chi connectivity index (χ0v) is 14.7. The molecule has 0 aliphatic heterocycles. The minimum atomic E-state index is -10.4. The van der Waals surface area contributed by atoms with Gasteiger partial charge in [-0.3, -0.25) is 0 Å². The molecule has 0 aliphatic rings. The molecule has 0 unspecified atom stereocenters. The Bertz CT molecular complexity index is 614. The summed E-state index contributed by atoms with van der Waals surface area (Å²) >= 11 is 5.09. The fraction of sp³-hybridized carbons (Fsp3) is 0.400. The maximum atomic E-state index is 14.0. The molecule has 0 amide bonds. The first-order valence-electron chi connectivity index (χ1n) is 5.50. The van der Waals surface area contributed by atoms with Crippen molar-refractivity contribution in [2.45, 2.75) is 29.2 Å². The highest BCUT2D eigenvalue weighted by Crippen LogP contribution is 3.07. The molecule has 0 atom stereocenters. The van der Waals surface area contributed by atoms with E-state index in [0.29, 0.717) is 0 Å². The number of rotatable bonds is 4. The second kappa shape index (κ2) is 5.10. The predicted molar refractivity (Wildman–Crippen MR) is 76.8 cm³/mol. The highest BCUT2D eigenvalue weighted by Gasteiger charge is 2.82. The number of alkyl halides is 5. The largest absolute Gasteiger partial charge is 0.397 e. The average Bonchev–Trinajstić information content (AvgIpc) is 2.30. The van der Waals surface area contributed by atoms with Crippen LogP contribution in [0.3, 0.4) is 0 Å². The quantitative estimate of drug-likeness (QED) is 0.333. The van der Waals surface area contributed by atoms with Crippen LogP contribution in [0.2, 0.25) is 0 Å². The second-order valence-electron chi connectivity index (χ2n) is 4.62. The Morgan fingerprint density at radius 1 is 0.870 bits per heavy atom. The maximum Gasteiger partial charge on any atom is 0.389 e. The molecule has 0 heterocycles. The molecule has 136 valence electrons. The zero-order chi connectivity index (χ0) is 18.5. The van der Waals surface area contributed by atoms with E-state index >= 15 is 0 Å². The highest BCUT2D eigenvalue weighted by atomic mass is 79.9. The Morgan fingerprint density at radius 2 is 1.26 bits per heavy atom. The molecule has 1 aromatic rings. The van der Waals surface area contributed by atoms with Crippen molar-refractivity contribution in [1.29, 1.82) is 0 Å². The molecule has 0 spiro atoms. The number of halogens is 11. The van der Waals surface area contributed by atoms with Crippen LogP contribution in [0, 0.1) is 0 Å². The first kappa shape index (κ1) is 20.7. The predicted octanol–water partition coefficient (Wildman–Crippen LogP) is 7.50. The van der Waals surface area contributed by atoms with Crippen molar-refractivity contribution in [3.63, 3.8) is 0 Å². The van der Waals surface area contributed by atoms with E-state index in [4.69, 9.17) is 5.73 Å². The van der Waals surface area contributed by atoms with E-state index in [1.54, 1.807) is 0 Å². The molecule has 0 bridgehead atoms. The Balaban J connectivity index is 3.53. The van der Waals surface area contributed by atoms with Crippen molar-refractivity contribution in [1.82, 2.24) is 0 Å². The number of nitrogen functional groups attached to an aromatic ring is 1. The Kier molecular flexibility index (Phi) is 4.60. The first-order chi connectivity index (χ1) is 9.81. The van der Waals surface area contributed by atoms with Gasteiger partial charge in [0.05, 0.1) is 17.0 Å². The third-order valence-corrected chi connectivity index (χ3v) is 6.73. The van der Waals surface area contributed by atoms with Crippen LogP contribution in [0.15, 0.2) is 26.0 Å². The summed E-state index contributed by atoms with van der Waals surface area (Å²) in [6.45, 7) is 0. The lowest BCUT2D eigenvalue weighted by atomic mass is 10.3. The van der Waals surface area contributed by atoms with Gasteiger partial charge in [-0.25, -0.2) is 0 Å². The van der Waals surface area contributed by atoms with E-state index in [0.717, 1.165) is 0 Å². The first-order valence-corrected chi connectivity index (χ1v) is 9.14. The van der Waals surface area contributed by atoms with Crippen molar-refractivity contribution < 1.29 is 37.5 Å². The van der Waals surface area contributed by atoms with Gasteiger partial charge in [-0.1, -0.05) is 0 Å². The maximum absolute atomic E-state index is 14.0. The Morgan fingerprint density at radius 3 is 1.61 bits per heavy atom. The smallest absolute Gasteiger partial charge is 0.389 e. The van der Waals surface area contributed by atoms with Crippen LogP contribution >= 0.6 is 41.7 Å². The summed E-state index contributed by atoms with van der Waals surface area (Å²) in [5.74, 6) is 0. The fourth-order valence-corrected chi connectivity index (χ4v) is 4.52. The van der Waals surface area contributed by atoms with Crippen molar-refractivity contribution >= 4 is 47.4 Å². The minimum Gasteiger partial charge on any atom is -0.397 e. The van der Waals surface area contributed by atoms with Gasteiger partial charge in [-0.05, 0) is 44.0 Å². The second-order valence-corrected chi connectivity index (χ2v) is 9.54. The van der Waals surface area contributed by atoms with Crippen LogP contribution in [0.25, 0.3) is 0 Å². The van der Waals surface area contributed by atoms with Crippen LogP contribution < -0.4 is 5.73 Å². The van der Waals surface area contributed by atoms with Crippen LogP contribution in [0.4, 0.5) is 43.2 Å². The third kappa shape index (κ3) is 3.70. The molecular formula is C10H8Br2F9NS. The number of hydrogen-bond acceptors (Lipinski definition) is 1. The van der Waals surface area contributed by atoms with E-state index in [1.807, 2.05) is 0 Å². The number of benzene rings is 1. The molecular weight excluding hydrogens is 497 g/mol. The molecule has 0 saturated carbocycles. The molecule has 1 aromatic carbocycles. The van der Waals surface area contributed by atoms with Gasteiger partial charge < -0.3 is 5.73 Å². The van der Waals surface area contributed by atoms with Gasteiger partial charge in [0.2, 0.25) is 9.84 Å². The lowest BCUT2D eigenvalue weighted by Crippen LogP contribution is -2.37. The summed E-state index contributed by atoms with van der Waals surface area (Å²) in [4.78, 5) is -2.38. The Hall–Kier alpha value is -0.300. The summed E-state index contributed by atoms with van der Waals surface area (Å²) in [6, 6.07) is -0.0493. The highest BCUT2D eigenvalue weighted by molar-refractivity contribution is 9.11. The van der Waals surface area contributed by atoms with Crippen molar-refractivity contribution in [2.75, 3.05) is 5.73 Å². The zero-order valence-electron chi connectivity index (χ0n) is 10.7. The molecule has 13 heteroatoms. The van der Waals surface area contributed by atoms with Gasteiger partial charge >= 0.3 is 11.4 Å². The van der Waals surface area contributed by atoms with E-state index < -0.39 is 48.0 Å². The van der Waals surface area contributed by atoms with Crippen LogP contribution in [-0.2, 0) is 0 Å². The van der Waals surface area contributed by atoms with E-state index in [2.05, 4.69) is 31.9 Å². The minimum absolute atomic E-state index is 0.0247. The van der Waals surface area contributed by atoms with Gasteiger partial charge in [0.1, 0.15) is 0 Å². The molecule has 2 N–H and O–H groups in total. The molecule has 23 heavy (non-hydrogen) atoms. The lowest BCUT2D eigenvalue weighted by molar-refractivity contribution is -0.145. The molecule has 1 nitrogen and oxygen atoms in total. The summed E-state index contributed by atoms with van der Waals surface area (Å²) in [6.07, 6.45) is -10.5. The van der Waals surface area contributed by atoms with Gasteiger partial charge in [-0.2, -0.15) is 22.0 Å². The Labute approximate surface area is 141 Å². The summed E-state index contributed by atoms with van der Waals surface area (Å²) in [5, 5.41) is -6.19. The third-order valence-electron chi connectivity index (χ3n) is 2.83. The summed E-state index contributed by atoms with van der Waals surface area (Å²) in [7, 11) is -10.4. The molecule has 0 fully saturated rings. The average molecular weight is 505 g/mol. The number of nitrogens with two attached hydrogens (primary N) is 1. The van der Waals surface area contributed by atoms with Crippen molar-refractivity contribution in [2.24, 2.45) is 0 Å². The monoisotopic (exact) mass is 503 g/mol. The van der Waals surface area contributed by atoms with Crippen molar-refractivity contribution in [3.05, 3.63) is 21.1 Å². The van der Waals surface area contributed by atoms with Crippen LogP contribution in [-0.4, -0.2) is 11.4 Å². The number of anilines is 1. The fourth-order valence-electron chi connectivity index (χ4n) is 1.46. The van der Waals surface area contributed by atoms with Crippen LogP contribution in [0.5, 0.6) is 0 Å². The summed E-state index contributed by atoms with van der Waals surface area (Å²) < 4.78 is 118. The van der Waals surface area contributed by atoms with Crippen LogP contribution in [0.1, 0.15) is 12.8 Å².